The van der Waals surface area contributed by atoms with E-state index in [0.717, 1.165) is 0 Å². The zero-order chi connectivity index (χ0) is 11.6. The summed E-state index contributed by atoms with van der Waals surface area (Å²) in [5.74, 6) is 0. The highest BCUT2D eigenvalue weighted by Gasteiger charge is 2.35. The fraction of sp³-hybridized carbons (Fsp3) is 0.333. The summed E-state index contributed by atoms with van der Waals surface area (Å²) in [6.07, 6.45) is 1.43. The predicted octanol–water partition coefficient (Wildman–Crippen LogP) is 2.53. The molecule has 1 aliphatic carbocycles. The van der Waals surface area contributed by atoms with Gasteiger partial charge in [-0.2, -0.15) is 0 Å². The maximum atomic E-state index is 11.6. The first-order chi connectivity index (χ1) is 7.62. The maximum Gasteiger partial charge on any atom is 0.235 e. The lowest BCUT2D eigenvalue weighted by molar-refractivity contribution is 0.600. The molecule has 1 N–H and O–H groups in total. The van der Waals surface area contributed by atoms with E-state index in [1.807, 2.05) is 0 Å². The van der Waals surface area contributed by atoms with Crippen LogP contribution in [-0.4, -0.2) is 13.7 Å². The van der Waals surface area contributed by atoms with Crippen molar-refractivity contribution in [3.8, 4) is 0 Å². The molecule has 0 spiro atoms. The fourth-order valence-corrected chi connectivity index (χ4v) is 2.69. The number of rotatable bonds is 4. The molecule has 0 aromatic heterocycles. The summed E-state index contributed by atoms with van der Waals surface area (Å²) < 4.78 is 25.7. The number of benzene rings is 1. The Kier molecular flexibility index (Phi) is 2.72. The van der Waals surface area contributed by atoms with Crippen LogP contribution < -0.4 is 4.72 Å². The van der Waals surface area contributed by atoms with Crippen molar-refractivity contribution in [1.82, 2.24) is 0 Å². The first kappa shape index (κ1) is 10.8. The molecule has 0 heterocycles. The van der Waals surface area contributed by atoms with Crippen LogP contribution in [0, 0.1) is 0 Å². The molecule has 0 unspecified atom stereocenters. The summed E-state index contributed by atoms with van der Waals surface area (Å²) in [6.45, 7) is 0. The lowest BCUT2D eigenvalue weighted by Gasteiger charge is -2.06. The Bertz CT molecular complexity index is 544. The van der Waals surface area contributed by atoms with Crippen molar-refractivity contribution in [3.05, 3.63) is 34.7 Å². The number of nitrogens with zero attached hydrogens (tertiary/aromatic N) is 3. The van der Waals surface area contributed by atoms with Crippen LogP contribution in [0.15, 0.2) is 29.4 Å². The lowest BCUT2D eigenvalue weighted by atomic mass is 10.3. The third-order valence-electron chi connectivity index (χ3n) is 2.23. The topological polar surface area (TPSA) is 94.9 Å². The second kappa shape index (κ2) is 4.03. The van der Waals surface area contributed by atoms with Gasteiger partial charge < -0.3 is 0 Å². The quantitative estimate of drug-likeness (QED) is 0.495. The van der Waals surface area contributed by atoms with E-state index in [2.05, 4.69) is 14.7 Å². The maximum absolute atomic E-state index is 11.6. The highest BCUT2D eigenvalue weighted by atomic mass is 32.2. The molecule has 7 heteroatoms. The van der Waals surface area contributed by atoms with Crippen molar-refractivity contribution in [2.24, 2.45) is 5.11 Å². The van der Waals surface area contributed by atoms with Gasteiger partial charge in [-0.05, 0) is 30.5 Å². The SMILES string of the molecule is [N-]=[N+]=Nc1cccc(NS(=O)(=O)C2CC2)c1. The molecule has 0 saturated heterocycles. The molecule has 1 aromatic rings. The monoisotopic (exact) mass is 238 g/mol. The zero-order valence-corrected chi connectivity index (χ0v) is 9.18. The van der Waals surface area contributed by atoms with Gasteiger partial charge >= 0.3 is 0 Å². The van der Waals surface area contributed by atoms with Gasteiger partial charge in [0.1, 0.15) is 0 Å². The highest BCUT2D eigenvalue weighted by Crippen LogP contribution is 2.30. The fourth-order valence-electron chi connectivity index (χ4n) is 1.31. The van der Waals surface area contributed by atoms with Crippen molar-refractivity contribution in [1.29, 1.82) is 0 Å². The van der Waals surface area contributed by atoms with Gasteiger partial charge in [-0.25, -0.2) is 8.42 Å². The molecule has 0 bridgehead atoms. The van der Waals surface area contributed by atoms with E-state index in [0.29, 0.717) is 24.2 Å². The summed E-state index contributed by atoms with van der Waals surface area (Å²) in [5, 5.41) is 3.14. The van der Waals surface area contributed by atoms with E-state index in [-0.39, 0.29) is 5.25 Å². The third-order valence-corrected chi connectivity index (χ3v) is 4.10. The number of hydrogen-bond acceptors (Lipinski definition) is 3. The standard InChI is InChI=1S/C9H10N4O2S/c10-13-11-7-2-1-3-8(6-7)12-16(14,15)9-4-5-9/h1-3,6,9,12H,4-5H2. The average molecular weight is 238 g/mol. The smallest absolute Gasteiger partial charge is 0.235 e. The Labute approximate surface area is 93.0 Å². The molecular formula is C9H10N4O2S. The molecule has 16 heavy (non-hydrogen) atoms. The van der Waals surface area contributed by atoms with Crippen LogP contribution >= 0.6 is 0 Å². The second-order valence-electron chi connectivity index (χ2n) is 3.59. The summed E-state index contributed by atoms with van der Waals surface area (Å²) in [7, 11) is -3.26. The number of nitrogens with one attached hydrogen (secondary N) is 1. The largest absolute Gasteiger partial charge is 0.283 e. The molecule has 1 saturated carbocycles. The Morgan fingerprint density at radius 2 is 2.19 bits per heavy atom. The molecule has 0 amide bonds. The minimum atomic E-state index is -3.26. The Morgan fingerprint density at radius 1 is 1.44 bits per heavy atom. The summed E-state index contributed by atoms with van der Waals surface area (Å²) in [5.41, 5.74) is 9.08. The van der Waals surface area contributed by atoms with E-state index in [4.69, 9.17) is 5.53 Å². The minimum Gasteiger partial charge on any atom is -0.283 e. The molecular weight excluding hydrogens is 228 g/mol. The number of azide groups is 1. The minimum absolute atomic E-state index is 0.268. The predicted molar refractivity (Wildman–Crippen MR) is 60.8 cm³/mol. The van der Waals surface area contributed by atoms with E-state index in [1.54, 1.807) is 18.2 Å². The summed E-state index contributed by atoms with van der Waals surface area (Å²) >= 11 is 0. The van der Waals surface area contributed by atoms with Crippen LogP contribution in [0.1, 0.15) is 12.8 Å². The Hall–Kier alpha value is -1.72. The summed E-state index contributed by atoms with van der Waals surface area (Å²) in [6, 6.07) is 6.36. The first-order valence-electron chi connectivity index (χ1n) is 4.78. The van der Waals surface area contributed by atoms with Crippen molar-refractivity contribution < 1.29 is 8.42 Å². The molecule has 0 radical (unpaired) electrons. The molecule has 6 nitrogen and oxygen atoms in total. The van der Waals surface area contributed by atoms with Gasteiger partial charge in [0.2, 0.25) is 10.0 Å². The average Bonchev–Trinajstić information content (AvgIpc) is 3.01. The number of anilines is 1. The van der Waals surface area contributed by atoms with Gasteiger partial charge in [0.15, 0.2) is 0 Å². The molecule has 84 valence electrons. The van der Waals surface area contributed by atoms with Crippen molar-refractivity contribution in [2.75, 3.05) is 4.72 Å². The van der Waals surface area contributed by atoms with Crippen LogP contribution in [0.3, 0.4) is 0 Å². The normalized spacial score (nSPS) is 15.2. The van der Waals surface area contributed by atoms with Crippen molar-refractivity contribution in [2.45, 2.75) is 18.1 Å². The Morgan fingerprint density at radius 3 is 2.81 bits per heavy atom. The van der Waals surface area contributed by atoms with Gasteiger partial charge in [-0.3, -0.25) is 4.72 Å². The first-order valence-corrected chi connectivity index (χ1v) is 6.33. The third kappa shape index (κ3) is 2.44. The van der Waals surface area contributed by atoms with E-state index < -0.39 is 10.0 Å². The van der Waals surface area contributed by atoms with Crippen LogP contribution in [0.2, 0.25) is 0 Å². The molecule has 0 atom stereocenters. The highest BCUT2D eigenvalue weighted by molar-refractivity contribution is 7.93. The van der Waals surface area contributed by atoms with E-state index in [9.17, 15) is 8.42 Å². The molecule has 2 rings (SSSR count). The van der Waals surface area contributed by atoms with Crippen LogP contribution in [0.25, 0.3) is 10.4 Å². The van der Waals surface area contributed by atoms with Gasteiger partial charge in [-0.15, -0.1) is 0 Å². The van der Waals surface area contributed by atoms with Gasteiger partial charge in [0.05, 0.1) is 5.25 Å². The molecule has 0 aliphatic heterocycles. The van der Waals surface area contributed by atoms with Crippen LogP contribution in [-0.2, 0) is 10.0 Å². The van der Waals surface area contributed by atoms with Crippen LogP contribution in [0.4, 0.5) is 11.4 Å². The van der Waals surface area contributed by atoms with Gasteiger partial charge in [0.25, 0.3) is 0 Å². The van der Waals surface area contributed by atoms with Gasteiger partial charge in [0, 0.05) is 16.3 Å². The lowest BCUT2D eigenvalue weighted by Crippen LogP contribution is -2.17. The zero-order valence-electron chi connectivity index (χ0n) is 8.37. The Balaban J connectivity index is 2.21. The number of hydrogen-bond donors (Lipinski definition) is 1. The summed E-state index contributed by atoms with van der Waals surface area (Å²) in [4.78, 5) is 2.64. The van der Waals surface area contributed by atoms with E-state index >= 15 is 0 Å². The van der Waals surface area contributed by atoms with Crippen LogP contribution in [0.5, 0.6) is 0 Å². The van der Waals surface area contributed by atoms with E-state index in [1.165, 1.54) is 6.07 Å². The second-order valence-corrected chi connectivity index (χ2v) is 5.55. The van der Waals surface area contributed by atoms with Crippen molar-refractivity contribution in [3.63, 3.8) is 0 Å². The molecule has 1 fully saturated rings. The molecule has 1 aromatic carbocycles. The van der Waals surface area contributed by atoms with Crippen molar-refractivity contribution >= 4 is 21.4 Å². The number of sulfonamides is 1. The molecule has 1 aliphatic rings. The van der Waals surface area contributed by atoms with Gasteiger partial charge in [-0.1, -0.05) is 17.2 Å².